The van der Waals surface area contributed by atoms with Crippen LogP contribution in [0.4, 0.5) is 0 Å². The Morgan fingerprint density at radius 3 is 2.50 bits per heavy atom. The molecule has 0 saturated carbocycles. The topological polar surface area (TPSA) is 55.6 Å². The van der Waals surface area contributed by atoms with Crippen LogP contribution in [0.1, 0.15) is 29.6 Å². The van der Waals surface area contributed by atoms with Crippen LogP contribution in [0.15, 0.2) is 12.1 Å². The van der Waals surface area contributed by atoms with Crippen LogP contribution in [0.2, 0.25) is 10.0 Å². The Morgan fingerprint density at radius 1 is 1.22 bits per heavy atom. The van der Waals surface area contributed by atoms with Crippen molar-refractivity contribution in [2.75, 3.05) is 13.1 Å². The molecule has 1 aromatic carbocycles. The molecule has 0 atom stereocenters. The van der Waals surface area contributed by atoms with Crippen LogP contribution in [-0.4, -0.2) is 24.1 Å². The molecule has 2 N–H and O–H groups in total. The Bertz CT molecular complexity index is 460. The van der Waals surface area contributed by atoms with Gasteiger partial charge < -0.3 is 10.6 Å². The minimum atomic E-state index is -0.644. The van der Waals surface area contributed by atoms with Crippen molar-refractivity contribution in [3.63, 3.8) is 0 Å². The summed E-state index contributed by atoms with van der Waals surface area (Å²) in [5.41, 5.74) is 5.44. The van der Waals surface area contributed by atoms with Gasteiger partial charge in [0.15, 0.2) is 5.75 Å². The number of hydrogen-bond acceptors (Lipinski definition) is 3. The van der Waals surface area contributed by atoms with Gasteiger partial charge in [-0.05, 0) is 25.0 Å². The maximum atomic E-state index is 11.4. The predicted molar refractivity (Wildman–Crippen MR) is 71.0 cm³/mol. The molecule has 0 unspecified atom stereocenters. The number of nitrogens with two attached hydrogens (primary N) is 1. The summed E-state index contributed by atoms with van der Waals surface area (Å²) < 4.78 is 0. The van der Waals surface area contributed by atoms with E-state index in [2.05, 4.69) is 0 Å². The summed E-state index contributed by atoms with van der Waals surface area (Å²) in [5, 5.41) is 2.24. The van der Waals surface area contributed by atoms with E-state index in [1.165, 1.54) is 6.42 Å². The summed E-state index contributed by atoms with van der Waals surface area (Å²) in [7, 11) is 0. The molecule has 18 heavy (non-hydrogen) atoms. The molecule has 1 aliphatic heterocycles. The molecule has 0 aromatic heterocycles. The number of hydrogen-bond donors (Lipinski definition) is 1. The second-order valence-corrected chi connectivity index (χ2v) is 4.96. The minimum Gasteiger partial charge on any atom is -0.405 e. The predicted octanol–water partition coefficient (Wildman–Crippen LogP) is 2.87. The second kappa shape index (κ2) is 5.78. The van der Waals surface area contributed by atoms with E-state index in [1.807, 2.05) is 5.06 Å². The monoisotopic (exact) mass is 288 g/mol. The van der Waals surface area contributed by atoms with Crippen molar-refractivity contribution < 1.29 is 9.63 Å². The largest absolute Gasteiger partial charge is 0.405 e. The maximum absolute atomic E-state index is 11.4. The van der Waals surface area contributed by atoms with Crippen molar-refractivity contribution in [3.8, 4) is 5.75 Å². The van der Waals surface area contributed by atoms with Crippen LogP contribution in [-0.2, 0) is 0 Å². The Kier molecular flexibility index (Phi) is 4.32. The molecule has 1 saturated heterocycles. The van der Waals surface area contributed by atoms with E-state index < -0.39 is 5.91 Å². The molecule has 1 amide bonds. The number of amides is 1. The first-order valence-corrected chi connectivity index (χ1v) is 6.56. The summed E-state index contributed by atoms with van der Waals surface area (Å²) in [6.07, 6.45) is 3.35. The van der Waals surface area contributed by atoms with Gasteiger partial charge in [-0.2, -0.15) is 0 Å². The first-order valence-electron chi connectivity index (χ1n) is 5.80. The molecular formula is C12H14Cl2N2O2. The third-order valence-electron chi connectivity index (χ3n) is 2.85. The third-order valence-corrected chi connectivity index (χ3v) is 3.65. The second-order valence-electron chi connectivity index (χ2n) is 4.18. The Morgan fingerprint density at radius 2 is 1.89 bits per heavy atom. The van der Waals surface area contributed by atoms with Gasteiger partial charge in [-0.3, -0.25) is 4.79 Å². The normalized spacial score (nSPS) is 16.6. The van der Waals surface area contributed by atoms with Gasteiger partial charge in [0.2, 0.25) is 0 Å². The average molecular weight is 289 g/mol. The summed E-state index contributed by atoms with van der Waals surface area (Å²) in [6, 6.07) is 3.21. The van der Waals surface area contributed by atoms with Crippen molar-refractivity contribution in [3.05, 3.63) is 27.7 Å². The number of halogens is 2. The molecule has 1 heterocycles. The number of rotatable bonds is 3. The Balaban J connectivity index is 2.26. The van der Waals surface area contributed by atoms with Crippen molar-refractivity contribution in [2.24, 2.45) is 5.73 Å². The van der Waals surface area contributed by atoms with E-state index in [4.69, 9.17) is 33.8 Å². The molecule has 1 aromatic rings. The number of piperidine rings is 1. The highest BCUT2D eigenvalue weighted by atomic mass is 35.5. The lowest BCUT2D eigenvalue weighted by atomic mass is 10.2. The standard InChI is InChI=1S/C12H14Cl2N2O2/c13-8-4-5-9(10(11(8)14)12(15)17)18-16-6-2-1-3-7-16/h4-5H,1-3,6-7H2,(H2,15,17). The van der Waals surface area contributed by atoms with Crippen LogP contribution in [0.5, 0.6) is 5.75 Å². The van der Waals surface area contributed by atoms with Gasteiger partial charge in [-0.1, -0.05) is 29.6 Å². The molecule has 1 aliphatic rings. The first kappa shape index (κ1) is 13.5. The zero-order valence-electron chi connectivity index (χ0n) is 9.79. The lowest BCUT2D eigenvalue weighted by Crippen LogP contribution is -2.33. The van der Waals surface area contributed by atoms with Gasteiger partial charge in [-0.25, -0.2) is 0 Å². The lowest BCUT2D eigenvalue weighted by molar-refractivity contribution is -0.0723. The smallest absolute Gasteiger partial charge is 0.254 e. The van der Waals surface area contributed by atoms with Gasteiger partial charge in [0.05, 0.1) is 10.0 Å². The number of hydroxylamine groups is 2. The first-order chi connectivity index (χ1) is 8.59. The van der Waals surface area contributed by atoms with Gasteiger partial charge >= 0.3 is 0 Å². The van der Waals surface area contributed by atoms with Crippen molar-refractivity contribution in [2.45, 2.75) is 19.3 Å². The average Bonchev–Trinajstić information content (AvgIpc) is 2.35. The molecule has 0 spiro atoms. The van der Waals surface area contributed by atoms with E-state index in [1.54, 1.807) is 12.1 Å². The van der Waals surface area contributed by atoms with Crippen LogP contribution >= 0.6 is 23.2 Å². The van der Waals surface area contributed by atoms with Crippen molar-refractivity contribution in [1.29, 1.82) is 0 Å². The fraction of sp³-hybridized carbons (Fsp3) is 0.417. The molecule has 98 valence electrons. The van der Waals surface area contributed by atoms with E-state index in [0.29, 0.717) is 5.75 Å². The maximum Gasteiger partial charge on any atom is 0.254 e. The van der Waals surface area contributed by atoms with Gasteiger partial charge in [0.25, 0.3) is 5.91 Å². The molecule has 1 fully saturated rings. The molecule has 0 radical (unpaired) electrons. The number of primary amides is 1. The summed E-state index contributed by atoms with van der Waals surface area (Å²) in [4.78, 5) is 17.1. The number of carbonyl (C=O) groups excluding carboxylic acids is 1. The molecule has 0 bridgehead atoms. The minimum absolute atomic E-state index is 0.134. The Labute approximate surface area is 116 Å². The van der Waals surface area contributed by atoms with Crippen LogP contribution in [0.25, 0.3) is 0 Å². The zero-order valence-corrected chi connectivity index (χ0v) is 11.3. The fourth-order valence-corrected chi connectivity index (χ4v) is 2.34. The highest BCUT2D eigenvalue weighted by Crippen LogP contribution is 2.33. The van der Waals surface area contributed by atoms with E-state index in [-0.39, 0.29) is 15.6 Å². The summed E-state index contributed by atoms with van der Waals surface area (Å²) in [5.74, 6) is -0.284. The van der Waals surface area contributed by atoms with E-state index >= 15 is 0 Å². The molecular weight excluding hydrogens is 275 g/mol. The number of benzene rings is 1. The van der Waals surface area contributed by atoms with E-state index in [0.717, 1.165) is 25.9 Å². The summed E-state index contributed by atoms with van der Waals surface area (Å²) in [6.45, 7) is 1.66. The molecule has 6 heteroatoms. The highest BCUT2D eigenvalue weighted by molar-refractivity contribution is 6.44. The van der Waals surface area contributed by atoms with Crippen LogP contribution < -0.4 is 10.6 Å². The lowest BCUT2D eigenvalue weighted by Gasteiger charge is -2.26. The van der Waals surface area contributed by atoms with Gasteiger partial charge in [0, 0.05) is 13.1 Å². The van der Waals surface area contributed by atoms with Gasteiger partial charge in [0.1, 0.15) is 5.56 Å². The zero-order chi connectivity index (χ0) is 13.1. The van der Waals surface area contributed by atoms with E-state index in [9.17, 15) is 4.79 Å². The quantitative estimate of drug-likeness (QED) is 0.930. The molecule has 2 rings (SSSR count). The summed E-state index contributed by atoms with van der Waals surface area (Å²) >= 11 is 11.8. The fourth-order valence-electron chi connectivity index (χ4n) is 1.93. The van der Waals surface area contributed by atoms with Crippen molar-refractivity contribution in [1.82, 2.24) is 5.06 Å². The Hall–Kier alpha value is -0.970. The van der Waals surface area contributed by atoms with Gasteiger partial charge in [-0.15, -0.1) is 5.06 Å². The highest BCUT2D eigenvalue weighted by Gasteiger charge is 2.20. The molecule has 4 nitrogen and oxygen atoms in total. The third kappa shape index (κ3) is 2.88. The van der Waals surface area contributed by atoms with Crippen LogP contribution in [0.3, 0.4) is 0 Å². The molecule has 0 aliphatic carbocycles. The number of nitrogens with zero attached hydrogens (tertiary/aromatic N) is 1. The number of carbonyl (C=O) groups is 1. The van der Waals surface area contributed by atoms with Crippen LogP contribution in [0, 0.1) is 0 Å². The van der Waals surface area contributed by atoms with Crippen molar-refractivity contribution >= 4 is 29.1 Å². The SMILES string of the molecule is NC(=O)c1c(ON2CCCCC2)ccc(Cl)c1Cl.